The quantitative estimate of drug-likeness (QED) is 0.560. The Balaban J connectivity index is 2.71. The molecule has 0 unspecified atom stereocenters. The summed E-state index contributed by atoms with van der Waals surface area (Å²) in [5.74, 6) is 0. The van der Waals surface area contributed by atoms with E-state index in [0.29, 0.717) is 5.69 Å². The van der Waals surface area contributed by atoms with Gasteiger partial charge in [0.1, 0.15) is 5.69 Å². The Bertz CT molecular complexity index is 463. The number of nitrogens with one attached hydrogen (secondary N) is 1. The van der Waals surface area contributed by atoms with Gasteiger partial charge in [-0.3, -0.25) is 15.0 Å². The molecule has 0 aromatic heterocycles. The number of hydrogen-bond donors (Lipinski definition) is 1. The molecule has 6 nitrogen and oxygen atoms in total. The molecule has 0 spiro atoms. The second-order valence-electron chi connectivity index (χ2n) is 5.38. The molecule has 1 N–H and O–H groups in total. The highest BCUT2D eigenvalue weighted by Crippen LogP contribution is 2.25. The summed E-state index contributed by atoms with van der Waals surface area (Å²) in [6.45, 7) is 5.85. The number of rotatable bonds is 9. The van der Waals surface area contributed by atoms with Crippen molar-refractivity contribution in [1.29, 1.82) is 0 Å². The van der Waals surface area contributed by atoms with Crippen LogP contribution in [0.2, 0.25) is 0 Å². The van der Waals surface area contributed by atoms with Gasteiger partial charge in [-0.1, -0.05) is 13.0 Å². The van der Waals surface area contributed by atoms with E-state index in [0.717, 1.165) is 38.2 Å². The van der Waals surface area contributed by atoms with Crippen LogP contribution in [-0.4, -0.2) is 55.5 Å². The van der Waals surface area contributed by atoms with Crippen molar-refractivity contribution in [1.82, 2.24) is 9.80 Å². The van der Waals surface area contributed by atoms with Gasteiger partial charge in [0.2, 0.25) is 0 Å². The van der Waals surface area contributed by atoms with E-state index in [1.54, 1.807) is 19.2 Å². The Morgan fingerprint density at radius 3 is 2.52 bits per heavy atom. The van der Waals surface area contributed by atoms with E-state index in [-0.39, 0.29) is 10.6 Å². The molecule has 1 rings (SSSR count). The zero-order chi connectivity index (χ0) is 15.8. The Hall–Kier alpha value is -1.66. The summed E-state index contributed by atoms with van der Waals surface area (Å²) in [6.07, 6.45) is 1.09. The number of nitrogens with zero attached hydrogens (tertiary/aromatic N) is 3. The number of hydrogen-bond acceptors (Lipinski definition) is 5. The molecular formula is C15H26N4O2. The van der Waals surface area contributed by atoms with E-state index in [1.807, 2.05) is 6.07 Å². The summed E-state index contributed by atoms with van der Waals surface area (Å²) in [5, 5.41) is 13.9. The van der Waals surface area contributed by atoms with Crippen molar-refractivity contribution in [3.05, 3.63) is 33.9 Å². The van der Waals surface area contributed by atoms with Gasteiger partial charge in [-0.2, -0.15) is 0 Å². The maximum absolute atomic E-state index is 11.1. The average Bonchev–Trinajstić information content (AvgIpc) is 2.45. The Labute approximate surface area is 126 Å². The lowest BCUT2D eigenvalue weighted by molar-refractivity contribution is -0.384. The van der Waals surface area contributed by atoms with Crippen molar-refractivity contribution < 1.29 is 4.92 Å². The third-order valence-electron chi connectivity index (χ3n) is 3.46. The van der Waals surface area contributed by atoms with Gasteiger partial charge < -0.3 is 10.2 Å². The van der Waals surface area contributed by atoms with Crippen molar-refractivity contribution in [2.45, 2.75) is 19.9 Å². The van der Waals surface area contributed by atoms with Crippen LogP contribution in [0.15, 0.2) is 18.2 Å². The van der Waals surface area contributed by atoms with Gasteiger partial charge in [0.05, 0.1) is 4.92 Å². The van der Waals surface area contributed by atoms with Crippen LogP contribution >= 0.6 is 0 Å². The third kappa shape index (κ3) is 5.69. The summed E-state index contributed by atoms with van der Waals surface area (Å²) < 4.78 is 0. The minimum Gasteiger partial charge on any atom is -0.383 e. The molecule has 0 saturated carbocycles. The Morgan fingerprint density at radius 2 is 2.00 bits per heavy atom. The molecule has 0 heterocycles. The average molecular weight is 294 g/mol. The molecule has 0 amide bonds. The van der Waals surface area contributed by atoms with Gasteiger partial charge in [0, 0.05) is 19.7 Å². The molecule has 0 aliphatic heterocycles. The summed E-state index contributed by atoms with van der Waals surface area (Å²) >= 11 is 0. The number of benzene rings is 1. The van der Waals surface area contributed by atoms with E-state index in [4.69, 9.17) is 0 Å². The number of nitro benzene ring substituents is 1. The molecule has 0 radical (unpaired) electrons. The SMILES string of the molecule is CCN(CCCN(C)C)Cc1ccc(NC)c([N+](=O)[O-])c1. The molecule has 0 atom stereocenters. The fraction of sp³-hybridized carbons (Fsp3) is 0.600. The predicted molar refractivity (Wildman–Crippen MR) is 86.8 cm³/mol. The summed E-state index contributed by atoms with van der Waals surface area (Å²) in [4.78, 5) is 15.2. The number of anilines is 1. The molecule has 0 bridgehead atoms. The first-order valence-electron chi connectivity index (χ1n) is 7.30. The molecule has 1 aromatic rings. The zero-order valence-corrected chi connectivity index (χ0v) is 13.4. The monoisotopic (exact) mass is 294 g/mol. The van der Waals surface area contributed by atoms with E-state index in [2.05, 4.69) is 36.1 Å². The second kappa shape index (κ2) is 8.59. The molecule has 118 valence electrons. The fourth-order valence-corrected chi connectivity index (χ4v) is 2.26. The molecular weight excluding hydrogens is 268 g/mol. The first-order chi connectivity index (χ1) is 9.97. The molecule has 1 aromatic carbocycles. The molecule has 0 aliphatic carbocycles. The van der Waals surface area contributed by atoms with Gasteiger partial charge in [-0.05, 0) is 51.8 Å². The largest absolute Gasteiger partial charge is 0.383 e. The smallest absolute Gasteiger partial charge is 0.292 e. The van der Waals surface area contributed by atoms with Gasteiger partial charge >= 0.3 is 0 Å². The van der Waals surface area contributed by atoms with Gasteiger partial charge in [0.25, 0.3) is 5.69 Å². The van der Waals surface area contributed by atoms with E-state index < -0.39 is 0 Å². The summed E-state index contributed by atoms with van der Waals surface area (Å²) in [7, 11) is 5.83. The first-order valence-corrected chi connectivity index (χ1v) is 7.30. The minimum atomic E-state index is -0.336. The van der Waals surface area contributed by atoms with Crippen LogP contribution in [0.25, 0.3) is 0 Å². The van der Waals surface area contributed by atoms with Gasteiger partial charge in [0.15, 0.2) is 0 Å². The van der Waals surface area contributed by atoms with Crippen LogP contribution in [0, 0.1) is 10.1 Å². The van der Waals surface area contributed by atoms with E-state index >= 15 is 0 Å². The first kappa shape index (κ1) is 17.4. The minimum absolute atomic E-state index is 0.138. The standard InChI is InChI=1S/C15H26N4O2/c1-5-18(10-6-9-17(3)4)12-13-7-8-14(16-2)15(11-13)19(20)21/h7-8,11,16H,5-6,9-10,12H2,1-4H3. The Morgan fingerprint density at radius 1 is 1.29 bits per heavy atom. The molecule has 0 aliphatic rings. The predicted octanol–water partition coefficient (Wildman–Crippen LogP) is 2.41. The Kier molecular flexibility index (Phi) is 7.11. The van der Waals surface area contributed by atoms with Crippen molar-refractivity contribution >= 4 is 11.4 Å². The number of nitro groups is 1. The highest BCUT2D eigenvalue weighted by molar-refractivity contribution is 5.62. The van der Waals surface area contributed by atoms with Gasteiger partial charge in [-0.25, -0.2) is 0 Å². The normalized spacial score (nSPS) is 11.1. The van der Waals surface area contributed by atoms with Crippen LogP contribution in [0.5, 0.6) is 0 Å². The van der Waals surface area contributed by atoms with Gasteiger partial charge in [-0.15, -0.1) is 0 Å². The van der Waals surface area contributed by atoms with Crippen LogP contribution in [0.3, 0.4) is 0 Å². The fourth-order valence-electron chi connectivity index (χ4n) is 2.26. The van der Waals surface area contributed by atoms with Crippen molar-refractivity contribution in [2.24, 2.45) is 0 Å². The maximum atomic E-state index is 11.1. The highest BCUT2D eigenvalue weighted by Gasteiger charge is 2.14. The molecule has 0 fully saturated rings. The lowest BCUT2D eigenvalue weighted by atomic mass is 10.1. The maximum Gasteiger partial charge on any atom is 0.292 e. The lowest BCUT2D eigenvalue weighted by Crippen LogP contribution is -2.26. The van der Waals surface area contributed by atoms with E-state index in [1.165, 1.54) is 0 Å². The van der Waals surface area contributed by atoms with Crippen LogP contribution in [0.4, 0.5) is 11.4 Å². The van der Waals surface area contributed by atoms with Crippen LogP contribution < -0.4 is 5.32 Å². The van der Waals surface area contributed by atoms with Crippen molar-refractivity contribution in [3.8, 4) is 0 Å². The second-order valence-corrected chi connectivity index (χ2v) is 5.38. The topological polar surface area (TPSA) is 61.6 Å². The summed E-state index contributed by atoms with van der Waals surface area (Å²) in [5.41, 5.74) is 1.67. The van der Waals surface area contributed by atoms with E-state index in [9.17, 15) is 10.1 Å². The van der Waals surface area contributed by atoms with Crippen molar-refractivity contribution in [2.75, 3.05) is 46.1 Å². The molecule has 21 heavy (non-hydrogen) atoms. The third-order valence-corrected chi connectivity index (χ3v) is 3.46. The highest BCUT2D eigenvalue weighted by atomic mass is 16.6. The lowest BCUT2D eigenvalue weighted by Gasteiger charge is -2.21. The zero-order valence-electron chi connectivity index (χ0n) is 13.4. The summed E-state index contributed by atoms with van der Waals surface area (Å²) in [6, 6.07) is 5.40. The molecule has 6 heteroatoms. The van der Waals surface area contributed by atoms with Crippen molar-refractivity contribution in [3.63, 3.8) is 0 Å². The van der Waals surface area contributed by atoms with Crippen LogP contribution in [0.1, 0.15) is 18.9 Å². The molecule has 0 saturated heterocycles. The van der Waals surface area contributed by atoms with Crippen LogP contribution in [-0.2, 0) is 6.54 Å².